The van der Waals surface area contributed by atoms with Gasteiger partial charge in [-0.05, 0) is 38.0 Å². The average molecular weight is 382 g/mol. The highest BCUT2D eigenvalue weighted by molar-refractivity contribution is 5.94. The van der Waals surface area contributed by atoms with Crippen molar-refractivity contribution in [3.63, 3.8) is 0 Å². The number of hydrogen-bond acceptors (Lipinski definition) is 5. The highest BCUT2D eigenvalue weighted by atomic mass is 16.6. The zero-order chi connectivity index (χ0) is 20.1. The van der Waals surface area contributed by atoms with Crippen molar-refractivity contribution in [2.45, 2.75) is 19.8 Å². The van der Waals surface area contributed by atoms with Crippen molar-refractivity contribution in [3.8, 4) is 0 Å². The van der Waals surface area contributed by atoms with Gasteiger partial charge in [-0.1, -0.05) is 29.8 Å². The molecule has 1 fully saturated rings. The maximum Gasteiger partial charge on any atom is 0.294 e. The molecule has 2 aromatic carbocycles. The Balaban J connectivity index is 1.61. The fourth-order valence-electron chi connectivity index (χ4n) is 3.22. The summed E-state index contributed by atoms with van der Waals surface area (Å²) in [6.07, 6.45) is 1.38. The molecule has 0 bridgehead atoms. The number of amides is 2. The SMILES string of the molecule is Cc1ccc(C(=O)N2CCCC(C(=O)NNc3ccccc3[N+](=O)[O-])C2)cc1. The average Bonchev–Trinajstić information content (AvgIpc) is 2.72. The van der Waals surface area contributed by atoms with E-state index in [-0.39, 0.29) is 29.1 Å². The molecule has 28 heavy (non-hydrogen) atoms. The number of nitro benzene ring substituents is 1. The molecule has 1 aliphatic rings. The minimum Gasteiger partial charge on any atom is -0.338 e. The van der Waals surface area contributed by atoms with Gasteiger partial charge in [-0.3, -0.25) is 30.6 Å². The molecule has 0 spiro atoms. The maximum atomic E-state index is 12.7. The number of aryl methyl sites for hydroxylation is 1. The van der Waals surface area contributed by atoms with Crippen LogP contribution >= 0.6 is 0 Å². The zero-order valence-electron chi connectivity index (χ0n) is 15.6. The number of nitrogens with one attached hydrogen (secondary N) is 2. The lowest BCUT2D eigenvalue weighted by atomic mass is 9.96. The number of piperidine rings is 1. The predicted molar refractivity (Wildman–Crippen MR) is 105 cm³/mol. The summed E-state index contributed by atoms with van der Waals surface area (Å²) in [5, 5.41) is 11.1. The molecule has 0 aliphatic carbocycles. The molecule has 1 atom stereocenters. The third-order valence-corrected chi connectivity index (χ3v) is 4.80. The standard InChI is InChI=1S/C20H22N4O4/c1-14-8-10-15(11-9-14)20(26)23-12-4-5-16(13-23)19(25)22-21-17-6-2-3-7-18(17)24(27)28/h2-3,6-11,16,21H,4-5,12-13H2,1H3,(H,22,25). The van der Waals surface area contributed by atoms with Crippen LogP contribution in [0.3, 0.4) is 0 Å². The van der Waals surface area contributed by atoms with Crippen LogP contribution in [0.15, 0.2) is 48.5 Å². The number of benzene rings is 2. The summed E-state index contributed by atoms with van der Waals surface area (Å²) < 4.78 is 0. The topological polar surface area (TPSA) is 105 Å². The second kappa shape index (κ2) is 8.51. The molecule has 3 rings (SSSR count). The van der Waals surface area contributed by atoms with Gasteiger partial charge in [-0.2, -0.15) is 0 Å². The number of nitrogens with zero attached hydrogens (tertiary/aromatic N) is 2. The van der Waals surface area contributed by atoms with Crippen LogP contribution in [-0.4, -0.2) is 34.7 Å². The Hall–Kier alpha value is -3.42. The van der Waals surface area contributed by atoms with Gasteiger partial charge in [0.2, 0.25) is 5.91 Å². The monoisotopic (exact) mass is 382 g/mol. The number of para-hydroxylation sites is 2. The largest absolute Gasteiger partial charge is 0.338 e. The summed E-state index contributed by atoms with van der Waals surface area (Å²) >= 11 is 0. The van der Waals surface area contributed by atoms with E-state index in [0.29, 0.717) is 25.1 Å². The number of rotatable bonds is 5. The van der Waals surface area contributed by atoms with E-state index in [1.807, 2.05) is 19.1 Å². The Morgan fingerprint density at radius 3 is 2.57 bits per heavy atom. The van der Waals surface area contributed by atoms with Gasteiger partial charge in [0.25, 0.3) is 11.6 Å². The van der Waals surface area contributed by atoms with Gasteiger partial charge in [0.15, 0.2) is 0 Å². The first-order chi connectivity index (χ1) is 13.5. The van der Waals surface area contributed by atoms with Crippen LogP contribution in [-0.2, 0) is 4.79 Å². The molecule has 1 heterocycles. The van der Waals surface area contributed by atoms with Gasteiger partial charge in [-0.25, -0.2) is 0 Å². The van der Waals surface area contributed by atoms with Crippen molar-refractivity contribution >= 4 is 23.2 Å². The molecule has 8 nitrogen and oxygen atoms in total. The van der Waals surface area contributed by atoms with Crippen molar-refractivity contribution in [1.82, 2.24) is 10.3 Å². The number of hydrogen-bond donors (Lipinski definition) is 2. The number of carbonyl (C=O) groups is 2. The molecule has 2 aromatic rings. The lowest BCUT2D eigenvalue weighted by Crippen LogP contribution is -2.46. The molecule has 0 radical (unpaired) electrons. The Kier molecular flexibility index (Phi) is 5.88. The molecule has 8 heteroatoms. The summed E-state index contributed by atoms with van der Waals surface area (Å²) in [5.41, 5.74) is 6.94. The van der Waals surface area contributed by atoms with Crippen molar-refractivity contribution in [2.75, 3.05) is 18.5 Å². The molecule has 1 saturated heterocycles. The summed E-state index contributed by atoms with van der Waals surface area (Å²) in [5.74, 6) is -0.762. The summed E-state index contributed by atoms with van der Waals surface area (Å²) in [6, 6.07) is 13.4. The van der Waals surface area contributed by atoms with E-state index in [4.69, 9.17) is 0 Å². The van der Waals surface area contributed by atoms with Crippen LogP contribution in [0.2, 0.25) is 0 Å². The normalized spacial score (nSPS) is 16.3. The van der Waals surface area contributed by atoms with Gasteiger partial charge in [0.1, 0.15) is 5.69 Å². The first-order valence-corrected chi connectivity index (χ1v) is 9.11. The molecule has 2 N–H and O–H groups in total. The molecular formula is C20H22N4O4. The summed E-state index contributed by atoms with van der Waals surface area (Å²) in [6.45, 7) is 2.88. The number of anilines is 1. The van der Waals surface area contributed by atoms with E-state index >= 15 is 0 Å². The summed E-state index contributed by atoms with van der Waals surface area (Å²) in [7, 11) is 0. The molecule has 0 aromatic heterocycles. The van der Waals surface area contributed by atoms with Gasteiger partial charge < -0.3 is 4.90 Å². The summed E-state index contributed by atoms with van der Waals surface area (Å²) in [4.78, 5) is 37.4. The van der Waals surface area contributed by atoms with Crippen LogP contribution in [0.25, 0.3) is 0 Å². The van der Waals surface area contributed by atoms with E-state index < -0.39 is 4.92 Å². The smallest absolute Gasteiger partial charge is 0.294 e. The lowest BCUT2D eigenvalue weighted by Gasteiger charge is -2.32. The van der Waals surface area contributed by atoms with Crippen molar-refractivity contribution in [2.24, 2.45) is 5.92 Å². The number of hydrazine groups is 1. The molecule has 0 saturated carbocycles. The van der Waals surface area contributed by atoms with Crippen LogP contribution in [0.4, 0.5) is 11.4 Å². The molecule has 1 unspecified atom stereocenters. The van der Waals surface area contributed by atoms with Gasteiger partial charge >= 0.3 is 0 Å². The third kappa shape index (κ3) is 4.46. The van der Waals surface area contributed by atoms with Crippen LogP contribution < -0.4 is 10.9 Å². The van der Waals surface area contributed by atoms with Crippen molar-refractivity contribution < 1.29 is 14.5 Å². The van der Waals surface area contributed by atoms with E-state index in [1.165, 1.54) is 12.1 Å². The Labute approximate surface area is 162 Å². The number of nitro groups is 1. The van der Waals surface area contributed by atoms with Crippen molar-refractivity contribution in [1.29, 1.82) is 0 Å². The Morgan fingerprint density at radius 2 is 1.86 bits per heavy atom. The second-order valence-corrected chi connectivity index (χ2v) is 6.84. The highest BCUT2D eigenvalue weighted by Gasteiger charge is 2.29. The van der Waals surface area contributed by atoms with E-state index in [2.05, 4.69) is 10.9 Å². The molecule has 146 valence electrons. The van der Waals surface area contributed by atoms with E-state index in [0.717, 1.165) is 12.0 Å². The Morgan fingerprint density at radius 1 is 1.14 bits per heavy atom. The van der Waals surface area contributed by atoms with Gasteiger partial charge in [-0.15, -0.1) is 0 Å². The van der Waals surface area contributed by atoms with Crippen LogP contribution in [0, 0.1) is 23.0 Å². The zero-order valence-corrected chi connectivity index (χ0v) is 15.6. The molecular weight excluding hydrogens is 360 g/mol. The highest BCUT2D eigenvalue weighted by Crippen LogP contribution is 2.23. The number of carbonyl (C=O) groups excluding carboxylic acids is 2. The van der Waals surface area contributed by atoms with Crippen LogP contribution in [0.5, 0.6) is 0 Å². The fraction of sp³-hybridized carbons (Fsp3) is 0.300. The first kappa shape index (κ1) is 19.3. The minimum atomic E-state index is -0.517. The van der Waals surface area contributed by atoms with Crippen LogP contribution in [0.1, 0.15) is 28.8 Å². The molecule has 2 amide bonds. The Bertz CT molecular complexity index is 882. The quantitative estimate of drug-likeness (QED) is 0.611. The second-order valence-electron chi connectivity index (χ2n) is 6.84. The first-order valence-electron chi connectivity index (χ1n) is 9.11. The third-order valence-electron chi connectivity index (χ3n) is 4.80. The number of likely N-dealkylation sites (tertiary alicyclic amines) is 1. The van der Waals surface area contributed by atoms with E-state index in [9.17, 15) is 19.7 Å². The van der Waals surface area contributed by atoms with Gasteiger partial charge in [0, 0.05) is 24.7 Å². The minimum absolute atomic E-state index is 0.0934. The van der Waals surface area contributed by atoms with E-state index in [1.54, 1.807) is 29.2 Å². The fourth-order valence-corrected chi connectivity index (χ4v) is 3.22. The molecule has 1 aliphatic heterocycles. The predicted octanol–water partition coefficient (Wildman–Crippen LogP) is 2.90. The lowest BCUT2D eigenvalue weighted by molar-refractivity contribution is -0.384. The van der Waals surface area contributed by atoms with Gasteiger partial charge in [0.05, 0.1) is 10.8 Å². The van der Waals surface area contributed by atoms with Crippen molar-refractivity contribution in [3.05, 3.63) is 69.8 Å². The maximum absolute atomic E-state index is 12.7.